The van der Waals surface area contributed by atoms with Crippen LogP contribution in [0.4, 0.5) is 0 Å². The van der Waals surface area contributed by atoms with Crippen LogP contribution in [0, 0.1) is 5.92 Å². The standard InChI is InChI=1S/C15H28N2O.ClH/c18-15(17-14-9-5-11-16-12-14)10-4-8-13-6-2-1-3-7-13;/h13-14,16H,1-12H2,(H,17,18);1H. The zero-order chi connectivity index (χ0) is 12.6. The Balaban J connectivity index is 0.00000180. The van der Waals surface area contributed by atoms with Gasteiger partial charge < -0.3 is 10.6 Å². The van der Waals surface area contributed by atoms with Crippen molar-refractivity contribution in [3.05, 3.63) is 0 Å². The van der Waals surface area contributed by atoms with E-state index in [1.165, 1.54) is 44.9 Å². The Morgan fingerprint density at radius 3 is 2.58 bits per heavy atom. The Labute approximate surface area is 123 Å². The fourth-order valence-electron chi connectivity index (χ4n) is 3.30. The van der Waals surface area contributed by atoms with E-state index in [4.69, 9.17) is 0 Å². The lowest BCUT2D eigenvalue weighted by molar-refractivity contribution is -0.122. The molecule has 112 valence electrons. The molecule has 1 atom stereocenters. The summed E-state index contributed by atoms with van der Waals surface area (Å²) in [5.41, 5.74) is 0. The van der Waals surface area contributed by atoms with Crippen LogP contribution in [0.15, 0.2) is 0 Å². The summed E-state index contributed by atoms with van der Waals surface area (Å²) in [6, 6.07) is 0.376. The van der Waals surface area contributed by atoms with Crippen molar-refractivity contribution in [1.82, 2.24) is 10.6 Å². The molecule has 0 spiro atoms. The zero-order valence-electron chi connectivity index (χ0n) is 12.0. The highest BCUT2D eigenvalue weighted by Gasteiger charge is 2.16. The molecule has 0 aromatic heterocycles. The van der Waals surface area contributed by atoms with Gasteiger partial charge >= 0.3 is 0 Å². The Hall–Kier alpha value is -0.280. The predicted molar refractivity (Wildman–Crippen MR) is 81.7 cm³/mol. The van der Waals surface area contributed by atoms with Gasteiger partial charge in [0.25, 0.3) is 0 Å². The second-order valence-corrected chi connectivity index (χ2v) is 6.01. The molecule has 2 rings (SSSR count). The topological polar surface area (TPSA) is 41.1 Å². The van der Waals surface area contributed by atoms with E-state index in [1.807, 2.05) is 0 Å². The smallest absolute Gasteiger partial charge is 0.220 e. The average molecular weight is 289 g/mol. The largest absolute Gasteiger partial charge is 0.352 e. The van der Waals surface area contributed by atoms with Gasteiger partial charge in [-0.15, -0.1) is 12.4 Å². The molecule has 4 heteroatoms. The second kappa shape index (κ2) is 9.60. The molecule has 1 aliphatic carbocycles. The summed E-state index contributed by atoms with van der Waals surface area (Å²) < 4.78 is 0. The van der Waals surface area contributed by atoms with E-state index in [9.17, 15) is 4.79 Å². The maximum atomic E-state index is 11.8. The molecule has 0 radical (unpaired) electrons. The highest BCUT2D eigenvalue weighted by atomic mass is 35.5. The fraction of sp³-hybridized carbons (Fsp3) is 0.933. The normalized spacial score (nSPS) is 24.5. The summed E-state index contributed by atoms with van der Waals surface area (Å²) >= 11 is 0. The molecule has 1 saturated heterocycles. The van der Waals surface area contributed by atoms with Crippen molar-refractivity contribution in [2.75, 3.05) is 13.1 Å². The molecule has 0 bridgehead atoms. The predicted octanol–water partition coefficient (Wildman–Crippen LogP) is 3.03. The van der Waals surface area contributed by atoms with Crippen LogP contribution >= 0.6 is 12.4 Å². The maximum absolute atomic E-state index is 11.8. The van der Waals surface area contributed by atoms with E-state index in [2.05, 4.69) is 10.6 Å². The maximum Gasteiger partial charge on any atom is 0.220 e. The van der Waals surface area contributed by atoms with Crippen molar-refractivity contribution in [1.29, 1.82) is 0 Å². The third kappa shape index (κ3) is 6.62. The van der Waals surface area contributed by atoms with Crippen molar-refractivity contribution in [3.63, 3.8) is 0 Å². The zero-order valence-corrected chi connectivity index (χ0v) is 12.8. The van der Waals surface area contributed by atoms with E-state index in [-0.39, 0.29) is 18.3 Å². The summed E-state index contributed by atoms with van der Waals surface area (Å²) in [5.74, 6) is 1.17. The van der Waals surface area contributed by atoms with Gasteiger partial charge in [0.05, 0.1) is 0 Å². The Morgan fingerprint density at radius 2 is 1.89 bits per heavy atom. The molecule has 1 heterocycles. The summed E-state index contributed by atoms with van der Waals surface area (Å²) in [4.78, 5) is 11.8. The number of nitrogens with one attached hydrogen (secondary N) is 2. The quantitative estimate of drug-likeness (QED) is 0.816. The van der Waals surface area contributed by atoms with E-state index >= 15 is 0 Å². The van der Waals surface area contributed by atoms with Crippen LogP contribution in [0.2, 0.25) is 0 Å². The Bertz CT molecular complexity index is 249. The Kier molecular flexibility index (Phi) is 8.47. The molecule has 0 aromatic rings. The molecule has 2 fully saturated rings. The van der Waals surface area contributed by atoms with E-state index in [1.54, 1.807) is 0 Å². The van der Waals surface area contributed by atoms with Gasteiger partial charge in [0.1, 0.15) is 0 Å². The number of amides is 1. The van der Waals surface area contributed by atoms with Crippen molar-refractivity contribution in [3.8, 4) is 0 Å². The summed E-state index contributed by atoms with van der Waals surface area (Å²) in [5, 5.41) is 6.49. The van der Waals surface area contributed by atoms with E-state index < -0.39 is 0 Å². The SMILES string of the molecule is Cl.O=C(CCCC1CCCCC1)NC1CCCNC1. The molecule has 1 saturated carbocycles. The minimum Gasteiger partial charge on any atom is -0.352 e. The van der Waals surface area contributed by atoms with Crippen molar-refractivity contribution in [2.24, 2.45) is 5.92 Å². The third-order valence-corrected chi connectivity index (χ3v) is 4.40. The van der Waals surface area contributed by atoms with Gasteiger partial charge in [-0.2, -0.15) is 0 Å². The molecule has 2 aliphatic rings. The van der Waals surface area contributed by atoms with Gasteiger partial charge in [0, 0.05) is 19.0 Å². The second-order valence-electron chi connectivity index (χ2n) is 6.01. The number of hydrogen-bond acceptors (Lipinski definition) is 2. The van der Waals surface area contributed by atoms with E-state index in [0.717, 1.165) is 38.3 Å². The molecule has 1 aliphatic heterocycles. The number of hydrogen-bond donors (Lipinski definition) is 2. The fourth-order valence-corrected chi connectivity index (χ4v) is 3.30. The summed E-state index contributed by atoms with van der Waals surface area (Å²) in [6.07, 6.45) is 12.4. The van der Waals surface area contributed by atoms with Gasteiger partial charge in [0.15, 0.2) is 0 Å². The van der Waals surface area contributed by atoms with Gasteiger partial charge in [-0.05, 0) is 38.1 Å². The lowest BCUT2D eigenvalue weighted by atomic mass is 9.86. The molecular formula is C15H29ClN2O. The number of halogens is 1. The minimum atomic E-state index is 0. The van der Waals surface area contributed by atoms with Crippen molar-refractivity contribution >= 4 is 18.3 Å². The van der Waals surface area contributed by atoms with Gasteiger partial charge in [-0.3, -0.25) is 4.79 Å². The lowest BCUT2D eigenvalue weighted by Gasteiger charge is -2.24. The number of rotatable bonds is 5. The third-order valence-electron chi connectivity index (χ3n) is 4.40. The molecule has 0 aromatic carbocycles. The molecule has 19 heavy (non-hydrogen) atoms. The van der Waals surface area contributed by atoms with Crippen LogP contribution in [-0.2, 0) is 4.79 Å². The van der Waals surface area contributed by atoms with Gasteiger partial charge in [-0.1, -0.05) is 32.1 Å². The Morgan fingerprint density at radius 1 is 1.11 bits per heavy atom. The first-order chi connectivity index (χ1) is 8.84. The van der Waals surface area contributed by atoms with E-state index in [0.29, 0.717) is 6.04 Å². The number of piperidine rings is 1. The average Bonchev–Trinajstić information content (AvgIpc) is 2.41. The van der Waals surface area contributed by atoms with Crippen LogP contribution < -0.4 is 10.6 Å². The van der Waals surface area contributed by atoms with Crippen LogP contribution in [0.25, 0.3) is 0 Å². The first-order valence-corrected chi connectivity index (χ1v) is 7.84. The summed E-state index contributed by atoms with van der Waals surface area (Å²) in [7, 11) is 0. The van der Waals surface area contributed by atoms with Crippen molar-refractivity contribution < 1.29 is 4.79 Å². The van der Waals surface area contributed by atoms with Crippen LogP contribution in [0.3, 0.4) is 0 Å². The minimum absolute atomic E-state index is 0. The highest BCUT2D eigenvalue weighted by Crippen LogP contribution is 2.27. The molecule has 1 unspecified atom stereocenters. The molecule has 3 nitrogen and oxygen atoms in total. The number of carbonyl (C=O) groups excluding carboxylic acids is 1. The monoisotopic (exact) mass is 288 g/mol. The first kappa shape index (κ1) is 16.8. The molecule has 1 amide bonds. The van der Waals surface area contributed by atoms with Crippen LogP contribution in [0.5, 0.6) is 0 Å². The molecule has 2 N–H and O–H groups in total. The van der Waals surface area contributed by atoms with Crippen molar-refractivity contribution in [2.45, 2.75) is 70.3 Å². The number of carbonyl (C=O) groups is 1. The van der Waals surface area contributed by atoms with Gasteiger partial charge in [-0.25, -0.2) is 0 Å². The first-order valence-electron chi connectivity index (χ1n) is 7.84. The lowest BCUT2D eigenvalue weighted by Crippen LogP contribution is -2.45. The highest BCUT2D eigenvalue weighted by molar-refractivity contribution is 5.85. The van der Waals surface area contributed by atoms with Crippen LogP contribution in [0.1, 0.15) is 64.2 Å². The summed E-state index contributed by atoms with van der Waals surface area (Å²) in [6.45, 7) is 2.06. The van der Waals surface area contributed by atoms with Gasteiger partial charge in [0.2, 0.25) is 5.91 Å². The van der Waals surface area contributed by atoms with Crippen LogP contribution in [-0.4, -0.2) is 25.0 Å². The molecular weight excluding hydrogens is 260 g/mol.